The lowest BCUT2D eigenvalue weighted by molar-refractivity contribution is -0.127. The number of aliphatic hydroxyl groups excluding tert-OH is 2. The summed E-state index contributed by atoms with van der Waals surface area (Å²) < 4.78 is 28.0. The third kappa shape index (κ3) is 6.88. The van der Waals surface area contributed by atoms with Gasteiger partial charge in [-0.1, -0.05) is 80.6 Å². The summed E-state index contributed by atoms with van der Waals surface area (Å²) in [6, 6.07) is 23.3. The van der Waals surface area contributed by atoms with Gasteiger partial charge in [-0.2, -0.15) is 0 Å². The van der Waals surface area contributed by atoms with Crippen LogP contribution < -0.4 is 10.0 Å². The van der Waals surface area contributed by atoms with Gasteiger partial charge in [0.25, 0.3) is 0 Å². The van der Waals surface area contributed by atoms with Crippen LogP contribution in [0.3, 0.4) is 0 Å². The van der Waals surface area contributed by atoms with Crippen molar-refractivity contribution in [1.29, 1.82) is 0 Å². The summed E-state index contributed by atoms with van der Waals surface area (Å²) in [4.78, 5) is 13.6. The Morgan fingerprint density at radius 2 is 1.63 bits per heavy atom. The van der Waals surface area contributed by atoms with Gasteiger partial charge in [0.05, 0.1) is 23.1 Å². The molecule has 202 valence electrons. The van der Waals surface area contributed by atoms with Crippen LogP contribution in [0.1, 0.15) is 54.5 Å². The number of amides is 1. The number of hydrogen-bond acceptors (Lipinski definition) is 5. The van der Waals surface area contributed by atoms with Crippen molar-refractivity contribution in [2.24, 2.45) is 5.92 Å². The van der Waals surface area contributed by atoms with E-state index in [9.17, 15) is 23.4 Å². The van der Waals surface area contributed by atoms with Gasteiger partial charge in [0.15, 0.2) is 0 Å². The first-order valence-corrected chi connectivity index (χ1v) is 14.5. The van der Waals surface area contributed by atoms with Crippen molar-refractivity contribution in [3.63, 3.8) is 0 Å². The minimum absolute atomic E-state index is 0.0556. The molecule has 4 rings (SSSR count). The molecule has 38 heavy (non-hydrogen) atoms. The minimum atomic E-state index is -3.82. The molecule has 3 aromatic rings. The van der Waals surface area contributed by atoms with E-state index in [1.54, 1.807) is 24.3 Å². The smallest absolute Gasteiger partial charge is 0.240 e. The van der Waals surface area contributed by atoms with Crippen LogP contribution in [0.5, 0.6) is 0 Å². The molecule has 4 N–H and O–H groups in total. The van der Waals surface area contributed by atoms with Crippen LogP contribution >= 0.6 is 0 Å². The molecule has 0 spiro atoms. The number of benzene rings is 3. The normalized spacial score (nSPS) is 18.7. The lowest BCUT2D eigenvalue weighted by Gasteiger charge is -2.24. The molecule has 8 heteroatoms. The first-order valence-electron chi connectivity index (χ1n) is 13.0. The number of hydrogen-bond donors (Lipinski definition) is 4. The van der Waals surface area contributed by atoms with Crippen LogP contribution in [0, 0.1) is 5.92 Å². The van der Waals surface area contributed by atoms with Crippen molar-refractivity contribution < 1.29 is 23.4 Å². The third-order valence-electron chi connectivity index (χ3n) is 7.12. The molecule has 7 nitrogen and oxygen atoms in total. The first kappa shape index (κ1) is 28.0. The molecule has 0 heterocycles. The van der Waals surface area contributed by atoms with Gasteiger partial charge < -0.3 is 15.5 Å². The fraction of sp³-hybridized carbons (Fsp3) is 0.367. The first-order chi connectivity index (χ1) is 18.1. The van der Waals surface area contributed by atoms with E-state index in [-0.39, 0.29) is 29.7 Å². The van der Waals surface area contributed by atoms with Gasteiger partial charge in [-0.3, -0.25) is 4.79 Å². The molecule has 1 aliphatic carbocycles. The zero-order chi connectivity index (χ0) is 27.3. The average Bonchev–Trinajstić information content (AvgIpc) is 3.22. The highest BCUT2D eigenvalue weighted by molar-refractivity contribution is 7.89. The van der Waals surface area contributed by atoms with Gasteiger partial charge in [-0.05, 0) is 53.1 Å². The highest BCUT2D eigenvalue weighted by Gasteiger charge is 2.34. The van der Waals surface area contributed by atoms with Gasteiger partial charge >= 0.3 is 0 Å². The second kappa shape index (κ2) is 12.2. The van der Waals surface area contributed by atoms with Crippen molar-refractivity contribution in [1.82, 2.24) is 10.0 Å². The minimum Gasteiger partial charge on any atom is -0.392 e. The van der Waals surface area contributed by atoms with Crippen LogP contribution in [0.4, 0.5) is 0 Å². The van der Waals surface area contributed by atoms with Crippen molar-refractivity contribution in [2.75, 3.05) is 6.54 Å². The second-order valence-corrected chi connectivity index (χ2v) is 12.1. The Labute approximate surface area is 225 Å². The van der Waals surface area contributed by atoms with Gasteiger partial charge in [-0.15, -0.1) is 0 Å². The van der Waals surface area contributed by atoms with Crippen molar-refractivity contribution in [3.05, 3.63) is 101 Å². The Balaban J connectivity index is 1.43. The SMILES string of the molecule is CC(C)c1ccc(S(=O)(=O)NCC(O)CC(Cc2ccccc2)C(=O)NC2c3ccccc3CC2O)cc1. The Kier molecular flexibility index (Phi) is 8.99. The number of sulfonamides is 1. The van der Waals surface area contributed by atoms with E-state index in [1.165, 1.54) is 0 Å². The van der Waals surface area contributed by atoms with E-state index in [4.69, 9.17) is 0 Å². The van der Waals surface area contributed by atoms with Crippen molar-refractivity contribution in [2.45, 2.75) is 62.2 Å². The molecule has 0 saturated heterocycles. The number of nitrogens with one attached hydrogen (secondary N) is 2. The highest BCUT2D eigenvalue weighted by atomic mass is 32.2. The summed E-state index contributed by atoms with van der Waals surface area (Å²) >= 11 is 0. The lowest BCUT2D eigenvalue weighted by Crippen LogP contribution is -2.41. The van der Waals surface area contributed by atoms with Crippen molar-refractivity contribution in [3.8, 4) is 0 Å². The Morgan fingerprint density at radius 1 is 0.974 bits per heavy atom. The Bertz CT molecular complexity index is 1330. The van der Waals surface area contributed by atoms with Crippen LogP contribution in [0.2, 0.25) is 0 Å². The lowest BCUT2D eigenvalue weighted by atomic mass is 9.92. The summed E-state index contributed by atoms with van der Waals surface area (Å²) in [6.45, 7) is 3.85. The zero-order valence-corrected chi connectivity index (χ0v) is 22.6. The van der Waals surface area contributed by atoms with Gasteiger partial charge in [0.2, 0.25) is 15.9 Å². The molecule has 0 aliphatic heterocycles. The van der Waals surface area contributed by atoms with Crippen molar-refractivity contribution >= 4 is 15.9 Å². The molecule has 0 aromatic heterocycles. The van der Waals surface area contributed by atoms with E-state index in [0.717, 1.165) is 22.3 Å². The third-order valence-corrected chi connectivity index (χ3v) is 8.56. The topological polar surface area (TPSA) is 116 Å². The number of carbonyl (C=O) groups is 1. The molecule has 4 atom stereocenters. The average molecular weight is 537 g/mol. The fourth-order valence-corrected chi connectivity index (χ4v) is 6.01. The molecule has 0 radical (unpaired) electrons. The summed E-state index contributed by atoms with van der Waals surface area (Å²) in [5.74, 6) is -0.629. The molecule has 3 aromatic carbocycles. The summed E-state index contributed by atoms with van der Waals surface area (Å²) in [5.41, 5.74) is 3.86. The molecule has 0 bridgehead atoms. The maximum atomic E-state index is 13.4. The number of carbonyl (C=O) groups excluding carboxylic acids is 1. The maximum absolute atomic E-state index is 13.4. The standard InChI is InChI=1S/C30H36N2O5S/c1-20(2)22-12-14-26(15-13-22)38(36,37)31-19-25(33)17-24(16-21-8-4-3-5-9-21)30(35)32-29-27-11-7-6-10-23(27)18-28(29)34/h3-15,20,24-25,28-29,31,33-34H,16-19H2,1-2H3,(H,32,35). The second-order valence-electron chi connectivity index (χ2n) is 10.3. The fourth-order valence-electron chi connectivity index (χ4n) is 4.93. The predicted octanol–water partition coefficient (Wildman–Crippen LogP) is 3.47. The van der Waals surface area contributed by atoms with Gasteiger partial charge in [-0.25, -0.2) is 13.1 Å². The molecule has 1 amide bonds. The van der Waals surface area contributed by atoms with E-state index < -0.39 is 34.2 Å². The predicted molar refractivity (Wildman–Crippen MR) is 147 cm³/mol. The number of rotatable bonds is 11. The summed E-state index contributed by atoms with van der Waals surface area (Å²) in [5, 5.41) is 24.4. The van der Waals surface area contributed by atoms with Crippen LogP contribution in [0.25, 0.3) is 0 Å². The zero-order valence-electron chi connectivity index (χ0n) is 21.7. The summed E-state index contributed by atoms with van der Waals surface area (Å²) in [7, 11) is -3.82. The molecule has 1 aliphatic rings. The Morgan fingerprint density at radius 3 is 2.32 bits per heavy atom. The Hall–Kier alpha value is -3.04. The molecular formula is C30H36N2O5S. The monoisotopic (exact) mass is 536 g/mol. The summed E-state index contributed by atoms with van der Waals surface area (Å²) in [6.07, 6.45) is -0.919. The van der Waals surface area contributed by atoms with Crippen LogP contribution in [-0.4, -0.2) is 43.3 Å². The van der Waals surface area contributed by atoms with Gasteiger partial charge in [0.1, 0.15) is 0 Å². The highest BCUT2D eigenvalue weighted by Crippen LogP contribution is 2.32. The van der Waals surface area contributed by atoms with Crippen LogP contribution in [-0.2, 0) is 27.7 Å². The number of fused-ring (bicyclic) bond motifs is 1. The largest absolute Gasteiger partial charge is 0.392 e. The van der Waals surface area contributed by atoms with Crippen LogP contribution in [0.15, 0.2) is 83.8 Å². The van der Waals surface area contributed by atoms with E-state index >= 15 is 0 Å². The van der Waals surface area contributed by atoms with E-state index in [0.29, 0.717) is 12.8 Å². The molecule has 4 unspecified atom stereocenters. The van der Waals surface area contributed by atoms with E-state index in [1.807, 2.05) is 68.4 Å². The number of aliphatic hydroxyl groups is 2. The quantitative estimate of drug-likeness (QED) is 0.300. The van der Waals surface area contributed by atoms with Gasteiger partial charge in [0, 0.05) is 18.9 Å². The van der Waals surface area contributed by atoms with E-state index in [2.05, 4.69) is 10.0 Å². The molecular weight excluding hydrogens is 500 g/mol. The maximum Gasteiger partial charge on any atom is 0.240 e. The molecule has 0 fully saturated rings. The molecule has 0 saturated carbocycles.